The molecule has 1 N–H and O–H groups in total. The number of likely N-dealkylation sites (tertiary alicyclic amines) is 1. The van der Waals surface area contributed by atoms with Crippen molar-refractivity contribution in [1.82, 2.24) is 4.90 Å². The molecule has 1 fully saturated rings. The minimum atomic E-state index is -0.912. The van der Waals surface area contributed by atoms with Gasteiger partial charge in [-0.1, -0.05) is 23.7 Å². The summed E-state index contributed by atoms with van der Waals surface area (Å²) in [6.07, 6.45) is 0.436. The average Bonchev–Trinajstić information content (AvgIpc) is 2.48. The molecule has 0 aliphatic carbocycles. The third-order valence-corrected chi connectivity index (χ3v) is 3.90. The van der Waals surface area contributed by atoms with Crippen LogP contribution in [0, 0.1) is 17.2 Å². The number of halogens is 1. The molecule has 0 aromatic heterocycles. The number of carbonyl (C=O) groups is 1. The molecule has 1 aromatic rings. The average molecular weight is 309 g/mol. The number of hydrogen-bond acceptors (Lipinski definition) is 3. The molecule has 1 heterocycles. The minimum Gasteiger partial charge on any atom is -0.465 e. The molecule has 0 saturated carbocycles. The third-order valence-electron chi connectivity index (χ3n) is 3.66. The first-order chi connectivity index (χ1) is 10.1. The summed E-state index contributed by atoms with van der Waals surface area (Å²) < 4.78 is 5.66. The summed E-state index contributed by atoms with van der Waals surface area (Å²) in [5.74, 6) is 0.0293. The molecule has 2 rings (SSSR count). The summed E-state index contributed by atoms with van der Waals surface area (Å²) in [5.41, 5.74) is 0.884. The second-order valence-electron chi connectivity index (χ2n) is 5.08. The normalized spacial score (nSPS) is 19.8. The van der Waals surface area contributed by atoms with Gasteiger partial charge in [-0.25, -0.2) is 4.79 Å². The highest BCUT2D eigenvalue weighted by Gasteiger charge is 2.31. The number of amides is 1. The number of hydrogen-bond donors (Lipinski definition) is 1. The first-order valence-corrected chi connectivity index (χ1v) is 7.21. The Morgan fingerprint density at radius 2 is 2.43 bits per heavy atom. The highest BCUT2D eigenvalue weighted by Crippen LogP contribution is 2.33. The molecule has 0 bridgehead atoms. The number of rotatable bonds is 4. The molecular weight excluding hydrogens is 292 g/mol. The number of nitrogens with zero attached hydrogens (tertiary/aromatic N) is 2. The molecule has 112 valence electrons. The van der Waals surface area contributed by atoms with Gasteiger partial charge in [0, 0.05) is 24.0 Å². The Bertz CT molecular complexity index is 544. The predicted molar refractivity (Wildman–Crippen MR) is 78.1 cm³/mol. The van der Waals surface area contributed by atoms with E-state index in [1.807, 2.05) is 24.3 Å². The van der Waals surface area contributed by atoms with Crippen LogP contribution in [0.4, 0.5) is 4.79 Å². The van der Waals surface area contributed by atoms with Gasteiger partial charge in [-0.15, -0.1) is 0 Å². The number of carboxylic acid groups (broad SMARTS) is 1. The first kappa shape index (κ1) is 15.6. The minimum absolute atomic E-state index is 0.0270. The van der Waals surface area contributed by atoms with Crippen molar-refractivity contribution in [2.75, 3.05) is 19.7 Å². The van der Waals surface area contributed by atoms with Gasteiger partial charge in [-0.05, 0) is 30.5 Å². The molecule has 0 spiro atoms. The zero-order chi connectivity index (χ0) is 15.2. The van der Waals surface area contributed by atoms with Gasteiger partial charge in [0.25, 0.3) is 0 Å². The van der Waals surface area contributed by atoms with Crippen LogP contribution < -0.4 is 0 Å². The zero-order valence-electron chi connectivity index (χ0n) is 11.5. The second kappa shape index (κ2) is 7.30. The summed E-state index contributed by atoms with van der Waals surface area (Å²) in [5, 5.41) is 18.5. The van der Waals surface area contributed by atoms with E-state index < -0.39 is 6.09 Å². The van der Waals surface area contributed by atoms with E-state index in [-0.39, 0.29) is 18.6 Å². The Balaban J connectivity index is 2.19. The van der Waals surface area contributed by atoms with Crippen LogP contribution in [0.1, 0.15) is 24.5 Å². The lowest BCUT2D eigenvalue weighted by Crippen LogP contribution is -2.41. The Kier molecular flexibility index (Phi) is 5.43. The molecule has 6 heteroatoms. The molecule has 1 saturated heterocycles. The quantitative estimate of drug-likeness (QED) is 0.926. The van der Waals surface area contributed by atoms with Crippen LogP contribution in [-0.4, -0.2) is 35.8 Å². The lowest BCUT2D eigenvalue weighted by Gasteiger charge is -2.35. The maximum Gasteiger partial charge on any atom is 0.407 e. The van der Waals surface area contributed by atoms with E-state index in [9.17, 15) is 4.79 Å². The van der Waals surface area contributed by atoms with Gasteiger partial charge in [0.15, 0.2) is 0 Å². The SMILES string of the molecule is N#CCO[C@@H](c1cccc(Cl)c1)[C@@H]1CCCN(C(=O)O)C1. The van der Waals surface area contributed by atoms with Crippen molar-refractivity contribution in [2.45, 2.75) is 18.9 Å². The number of benzene rings is 1. The van der Waals surface area contributed by atoms with Crippen molar-refractivity contribution in [3.63, 3.8) is 0 Å². The lowest BCUT2D eigenvalue weighted by molar-refractivity contribution is 0.00142. The molecule has 21 heavy (non-hydrogen) atoms. The largest absolute Gasteiger partial charge is 0.465 e. The summed E-state index contributed by atoms with van der Waals surface area (Å²) >= 11 is 6.02. The highest BCUT2D eigenvalue weighted by molar-refractivity contribution is 6.30. The van der Waals surface area contributed by atoms with Crippen LogP contribution in [0.5, 0.6) is 0 Å². The van der Waals surface area contributed by atoms with Crippen LogP contribution in [0.25, 0.3) is 0 Å². The van der Waals surface area contributed by atoms with Crippen LogP contribution in [0.2, 0.25) is 5.02 Å². The third kappa shape index (κ3) is 4.10. The maximum absolute atomic E-state index is 11.1. The van der Waals surface area contributed by atoms with Crippen molar-refractivity contribution in [2.24, 2.45) is 5.92 Å². The molecule has 1 amide bonds. The molecule has 5 nitrogen and oxygen atoms in total. The van der Waals surface area contributed by atoms with Crippen molar-refractivity contribution < 1.29 is 14.6 Å². The maximum atomic E-state index is 11.1. The fraction of sp³-hybridized carbons (Fsp3) is 0.467. The summed E-state index contributed by atoms with van der Waals surface area (Å²) in [6.45, 7) is 0.936. The fourth-order valence-electron chi connectivity index (χ4n) is 2.75. The molecule has 1 aliphatic rings. The molecule has 0 unspecified atom stereocenters. The van der Waals surface area contributed by atoms with Crippen LogP contribution >= 0.6 is 11.6 Å². The van der Waals surface area contributed by atoms with Crippen molar-refractivity contribution in [3.8, 4) is 6.07 Å². The zero-order valence-corrected chi connectivity index (χ0v) is 12.3. The van der Waals surface area contributed by atoms with Gasteiger partial charge < -0.3 is 14.7 Å². The molecule has 0 radical (unpaired) electrons. The highest BCUT2D eigenvalue weighted by atomic mass is 35.5. The van der Waals surface area contributed by atoms with Gasteiger partial charge in [-0.3, -0.25) is 0 Å². The Morgan fingerprint density at radius 3 is 3.10 bits per heavy atom. The topological polar surface area (TPSA) is 73.6 Å². The predicted octanol–water partition coefficient (Wildman–Crippen LogP) is 3.31. The summed E-state index contributed by atoms with van der Waals surface area (Å²) in [6, 6.07) is 9.28. The molecule has 2 atom stereocenters. The van der Waals surface area contributed by atoms with Crippen molar-refractivity contribution >= 4 is 17.7 Å². The monoisotopic (exact) mass is 308 g/mol. The van der Waals surface area contributed by atoms with E-state index in [0.29, 0.717) is 18.1 Å². The van der Waals surface area contributed by atoms with E-state index in [1.165, 1.54) is 4.90 Å². The van der Waals surface area contributed by atoms with Gasteiger partial charge in [0.1, 0.15) is 6.61 Å². The van der Waals surface area contributed by atoms with Gasteiger partial charge >= 0.3 is 6.09 Å². The van der Waals surface area contributed by atoms with E-state index >= 15 is 0 Å². The van der Waals surface area contributed by atoms with Crippen molar-refractivity contribution in [1.29, 1.82) is 5.26 Å². The fourth-order valence-corrected chi connectivity index (χ4v) is 2.94. The lowest BCUT2D eigenvalue weighted by atomic mass is 9.88. The van der Waals surface area contributed by atoms with Gasteiger partial charge in [0.2, 0.25) is 0 Å². The number of ether oxygens (including phenoxy) is 1. The number of nitriles is 1. The smallest absolute Gasteiger partial charge is 0.407 e. The Morgan fingerprint density at radius 1 is 1.62 bits per heavy atom. The van der Waals surface area contributed by atoms with E-state index in [1.54, 1.807) is 6.07 Å². The molecular formula is C15H17ClN2O3. The molecule has 1 aromatic carbocycles. The number of piperidine rings is 1. The standard InChI is InChI=1S/C15H17ClN2O3/c16-13-5-1-3-11(9-13)14(21-8-6-17)12-4-2-7-18(10-12)15(19)20/h1,3,5,9,12,14H,2,4,7-8,10H2,(H,19,20)/t12-,14+/m1/s1. The Hall–Kier alpha value is -1.77. The van der Waals surface area contributed by atoms with Gasteiger partial charge in [0.05, 0.1) is 12.2 Å². The second-order valence-corrected chi connectivity index (χ2v) is 5.51. The first-order valence-electron chi connectivity index (χ1n) is 6.83. The summed E-state index contributed by atoms with van der Waals surface area (Å²) in [4.78, 5) is 12.5. The Labute approximate surface area is 128 Å². The van der Waals surface area contributed by atoms with E-state index in [4.69, 9.17) is 26.7 Å². The molecule has 1 aliphatic heterocycles. The van der Waals surface area contributed by atoms with Crippen molar-refractivity contribution in [3.05, 3.63) is 34.9 Å². The van der Waals surface area contributed by atoms with Crippen LogP contribution in [-0.2, 0) is 4.74 Å². The van der Waals surface area contributed by atoms with Crippen LogP contribution in [0.15, 0.2) is 24.3 Å². The summed E-state index contributed by atoms with van der Waals surface area (Å²) in [7, 11) is 0. The van der Waals surface area contributed by atoms with Crippen LogP contribution in [0.3, 0.4) is 0 Å². The van der Waals surface area contributed by atoms with E-state index in [0.717, 1.165) is 18.4 Å². The van der Waals surface area contributed by atoms with Gasteiger partial charge in [-0.2, -0.15) is 5.26 Å². The van der Waals surface area contributed by atoms with E-state index in [2.05, 4.69) is 0 Å².